The van der Waals surface area contributed by atoms with Crippen molar-refractivity contribution in [3.63, 3.8) is 0 Å². The van der Waals surface area contributed by atoms with Crippen molar-refractivity contribution >= 4 is 11.8 Å². The van der Waals surface area contributed by atoms with Gasteiger partial charge in [0.2, 0.25) is 5.91 Å². The average molecular weight is 418 g/mol. The molecule has 0 spiro atoms. The second-order valence-corrected chi connectivity index (χ2v) is 7.66. The molecule has 0 aliphatic carbocycles. The van der Waals surface area contributed by atoms with Crippen LogP contribution < -0.4 is 10.1 Å². The summed E-state index contributed by atoms with van der Waals surface area (Å²) in [6.45, 7) is 2.03. The fourth-order valence-electron chi connectivity index (χ4n) is 3.69. The molecule has 1 aliphatic heterocycles. The molecule has 1 aliphatic rings. The first-order chi connectivity index (χ1) is 15.2. The molecule has 0 unspecified atom stereocenters. The Hall–Kier alpha value is -3.54. The summed E-state index contributed by atoms with van der Waals surface area (Å²) in [6, 6.07) is 20.8. The summed E-state index contributed by atoms with van der Waals surface area (Å²) >= 11 is 0. The van der Waals surface area contributed by atoms with Gasteiger partial charge in [-0.25, -0.2) is 0 Å². The minimum atomic E-state index is -0.0761. The van der Waals surface area contributed by atoms with E-state index in [9.17, 15) is 9.59 Å². The second kappa shape index (κ2) is 9.98. The lowest BCUT2D eigenvalue weighted by Gasteiger charge is -2.31. The minimum absolute atomic E-state index is 0.0101. The third kappa shape index (κ3) is 5.54. The predicted molar refractivity (Wildman–Crippen MR) is 116 cm³/mol. The lowest BCUT2D eigenvalue weighted by molar-refractivity contribution is -0.126. The van der Waals surface area contributed by atoms with Crippen LogP contribution in [0, 0.1) is 5.92 Å². The average Bonchev–Trinajstić information content (AvgIpc) is 3.36. The Labute approximate surface area is 181 Å². The number of rotatable bonds is 7. The number of carbonyl (C=O) groups excluding carboxylic acids is 2. The highest BCUT2D eigenvalue weighted by Crippen LogP contribution is 2.21. The van der Waals surface area contributed by atoms with E-state index in [2.05, 4.69) is 5.32 Å². The second-order valence-electron chi connectivity index (χ2n) is 7.66. The van der Waals surface area contributed by atoms with E-state index in [-0.39, 0.29) is 17.7 Å². The summed E-state index contributed by atoms with van der Waals surface area (Å²) in [5.41, 5.74) is 1.73. The molecule has 160 valence electrons. The van der Waals surface area contributed by atoms with Gasteiger partial charge in [0.05, 0.1) is 12.8 Å². The van der Waals surface area contributed by atoms with Crippen LogP contribution in [0.4, 0.5) is 0 Å². The van der Waals surface area contributed by atoms with Crippen LogP contribution >= 0.6 is 0 Å². The maximum absolute atomic E-state index is 12.8. The smallest absolute Gasteiger partial charge is 0.253 e. The summed E-state index contributed by atoms with van der Waals surface area (Å²) in [5, 5.41) is 2.91. The quantitative estimate of drug-likeness (QED) is 0.629. The molecule has 1 fully saturated rings. The molecule has 1 N–H and O–H groups in total. The molecular weight excluding hydrogens is 392 g/mol. The number of nitrogens with zero attached hydrogens (tertiary/aromatic N) is 1. The van der Waals surface area contributed by atoms with E-state index < -0.39 is 0 Å². The molecule has 3 aromatic rings. The Kier molecular flexibility index (Phi) is 6.67. The fraction of sp³-hybridized carbons (Fsp3) is 0.280. The molecule has 2 heterocycles. The van der Waals surface area contributed by atoms with Gasteiger partial charge in [-0.1, -0.05) is 30.3 Å². The highest BCUT2D eigenvalue weighted by atomic mass is 16.5. The van der Waals surface area contributed by atoms with Crippen molar-refractivity contribution in [2.45, 2.75) is 26.0 Å². The number of carbonyl (C=O) groups is 2. The third-order valence-corrected chi connectivity index (χ3v) is 5.52. The van der Waals surface area contributed by atoms with Crippen LogP contribution in [-0.2, 0) is 17.9 Å². The zero-order chi connectivity index (χ0) is 21.5. The summed E-state index contributed by atoms with van der Waals surface area (Å²) in [7, 11) is 0. The van der Waals surface area contributed by atoms with Gasteiger partial charge in [-0.15, -0.1) is 0 Å². The Morgan fingerprint density at radius 2 is 1.71 bits per heavy atom. The van der Waals surface area contributed by atoms with E-state index >= 15 is 0 Å². The van der Waals surface area contributed by atoms with Gasteiger partial charge < -0.3 is 19.4 Å². The Bertz CT molecular complexity index is 976. The third-order valence-electron chi connectivity index (χ3n) is 5.52. The zero-order valence-corrected chi connectivity index (χ0v) is 17.3. The molecule has 0 radical (unpaired) electrons. The van der Waals surface area contributed by atoms with Crippen LogP contribution in [0.2, 0.25) is 0 Å². The van der Waals surface area contributed by atoms with Gasteiger partial charge in [0.25, 0.3) is 5.91 Å². The SMILES string of the molecule is O=C(NCc1ccco1)C1CCN(C(=O)c2ccc(OCc3ccccc3)cc2)CC1. The molecule has 4 rings (SSSR count). The van der Waals surface area contributed by atoms with Crippen molar-refractivity contribution in [1.29, 1.82) is 0 Å². The lowest BCUT2D eigenvalue weighted by Crippen LogP contribution is -2.42. The van der Waals surface area contributed by atoms with Crippen LogP contribution in [0.25, 0.3) is 0 Å². The fourth-order valence-corrected chi connectivity index (χ4v) is 3.69. The summed E-state index contributed by atoms with van der Waals surface area (Å²) in [5.74, 6) is 1.39. The topological polar surface area (TPSA) is 71.8 Å². The normalized spacial score (nSPS) is 14.3. The van der Waals surface area contributed by atoms with Crippen LogP contribution in [0.5, 0.6) is 5.75 Å². The number of benzene rings is 2. The number of hydrogen-bond acceptors (Lipinski definition) is 4. The minimum Gasteiger partial charge on any atom is -0.489 e. The molecule has 2 amide bonds. The van der Waals surface area contributed by atoms with E-state index in [4.69, 9.17) is 9.15 Å². The van der Waals surface area contributed by atoms with Crippen LogP contribution in [-0.4, -0.2) is 29.8 Å². The van der Waals surface area contributed by atoms with Crippen LogP contribution in [0.1, 0.15) is 34.5 Å². The first-order valence-electron chi connectivity index (χ1n) is 10.6. The van der Waals surface area contributed by atoms with E-state index in [1.807, 2.05) is 53.4 Å². The van der Waals surface area contributed by atoms with Gasteiger partial charge in [0.15, 0.2) is 0 Å². The Balaban J connectivity index is 1.24. The highest BCUT2D eigenvalue weighted by molar-refractivity contribution is 5.94. The highest BCUT2D eigenvalue weighted by Gasteiger charge is 2.27. The summed E-state index contributed by atoms with van der Waals surface area (Å²) in [4.78, 5) is 27.0. The van der Waals surface area contributed by atoms with Gasteiger partial charge >= 0.3 is 0 Å². The van der Waals surface area contributed by atoms with Crippen molar-refractivity contribution < 1.29 is 18.7 Å². The zero-order valence-electron chi connectivity index (χ0n) is 17.3. The van der Waals surface area contributed by atoms with Gasteiger partial charge in [0, 0.05) is 24.6 Å². The molecule has 6 heteroatoms. The predicted octanol–water partition coefficient (Wildman–Crippen LogP) is 4.03. The number of piperidine rings is 1. The van der Waals surface area contributed by atoms with Gasteiger partial charge in [-0.05, 0) is 54.8 Å². The summed E-state index contributed by atoms with van der Waals surface area (Å²) in [6.07, 6.45) is 2.91. The maximum Gasteiger partial charge on any atom is 0.253 e. The standard InChI is InChI=1S/C25H26N2O4/c28-24(26-17-23-7-4-16-30-23)20-12-14-27(15-13-20)25(29)21-8-10-22(11-9-21)31-18-19-5-2-1-3-6-19/h1-11,16,20H,12-15,17-18H2,(H,26,28). The molecule has 2 aromatic carbocycles. The number of nitrogens with one attached hydrogen (secondary N) is 1. The molecule has 0 saturated carbocycles. The van der Waals surface area contributed by atoms with Crippen molar-refractivity contribution in [1.82, 2.24) is 10.2 Å². The number of hydrogen-bond donors (Lipinski definition) is 1. The van der Waals surface area contributed by atoms with Crippen molar-refractivity contribution in [2.75, 3.05) is 13.1 Å². The van der Waals surface area contributed by atoms with E-state index in [1.165, 1.54) is 0 Å². The Morgan fingerprint density at radius 1 is 0.968 bits per heavy atom. The number of furan rings is 1. The molecule has 1 aromatic heterocycles. The monoisotopic (exact) mass is 418 g/mol. The van der Waals surface area contributed by atoms with Crippen molar-refractivity contribution in [3.05, 3.63) is 89.9 Å². The molecule has 31 heavy (non-hydrogen) atoms. The largest absolute Gasteiger partial charge is 0.489 e. The number of amides is 2. The molecular formula is C25H26N2O4. The maximum atomic E-state index is 12.8. The van der Waals surface area contributed by atoms with Crippen molar-refractivity contribution in [3.8, 4) is 5.75 Å². The van der Waals surface area contributed by atoms with Gasteiger partial charge in [0.1, 0.15) is 18.1 Å². The summed E-state index contributed by atoms with van der Waals surface area (Å²) < 4.78 is 11.0. The molecule has 0 atom stereocenters. The Morgan fingerprint density at radius 3 is 2.39 bits per heavy atom. The van der Waals surface area contributed by atoms with Gasteiger partial charge in [-0.3, -0.25) is 9.59 Å². The van der Waals surface area contributed by atoms with Crippen molar-refractivity contribution in [2.24, 2.45) is 5.92 Å². The van der Waals surface area contributed by atoms with Crippen LogP contribution in [0.3, 0.4) is 0 Å². The molecule has 6 nitrogen and oxygen atoms in total. The first-order valence-corrected chi connectivity index (χ1v) is 10.6. The first kappa shape index (κ1) is 20.7. The molecule has 0 bridgehead atoms. The van der Waals surface area contributed by atoms with E-state index in [0.717, 1.165) is 17.1 Å². The number of ether oxygens (including phenoxy) is 1. The van der Waals surface area contributed by atoms with Gasteiger partial charge in [-0.2, -0.15) is 0 Å². The lowest BCUT2D eigenvalue weighted by atomic mass is 9.95. The van der Waals surface area contributed by atoms with E-state index in [1.54, 1.807) is 24.5 Å². The number of likely N-dealkylation sites (tertiary alicyclic amines) is 1. The molecule has 1 saturated heterocycles. The van der Waals surface area contributed by atoms with Crippen LogP contribution in [0.15, 0.2) is 77.4 Å². The van der Waals surface area contributed by atoms with E-state index in [0.29, 0.717) is 44.6 Å².